The molecule has 1 aliphatic rings. The first-order valence-electron chi connectivity index (χ1n) is 6.98. The molecule has 1 amide bonds. The Morgan fingerprint density at radius 1 is 1.40 bits per heavy atom. The van der Waals surface area contributed by atoms with Crippen LogP contribution in [0, 0.1) is 5.92 Å². The van der Waals surface area contributed by atoms with E-state index in [0.717, 1.165) is 28.9 Å². The fourth-order valence-electron chi connectivity index (χ4n) is 2.38. The lowest BCUT2D eigenvalue weighted by atomic mass is 10.2. The molecule has 0 N–H and O–H groups in total. The van der Waals surface area contributed by atoms with Gasteiger partial charge in [-0.25, -0.2) is 0 Å². The molecule has 2 atom stereocenters. The average molecular weight is 358 g/mol. The first-order chi connectivity index (χ1) is 9.56. The molecule has 0 aromatic heterocycles. The molecule has 0 bridgehead atoms. The molecule has 0 aliphatic carbocycles. The molecule has 5 heteroatoms. The summed E-state index contributed by atoms with van der Waals surface area (Å²) in [5.74, 6) is 1.38. The molecule has 0 saturated carbocycles. The molecule has 0 radical (unpaired) electrons. The molecule has 1 aromatic carbocycles. The van der Waals surface area contributed by atoms with Gasteiger partial charge in [-0.15, -0.1) is 0 Å². The average Bonchev–Trinajstić information content (AvgIpc) is 2.86. The van der Waals surface area contributed by atoms with Crippen molar-refractivity contribution in [1.82, 2.24) is 4.90 Å². The molecule has 1 aliphatic heterocycles. The lowest BCUT2D eigenvalue weighted by molar-refractivity contribution is -0.130. The zero-order valence-electron chi connectivity index (χ0n) is 11.7. The van der Waals surface area contributed by atoms with Gasteiger partial charge in [0.25, 0.3) is 0 Å². The summed E-state index contributed by atoms with van der Waals surface area (Å²) in [7, 11) is -1.01. The van der Waals surface area contributed by atoms with E-state index < -0.39 is 10.8 Å². The summed E-state index contributed by atoms with van der Waals surface area (Å²) in [5, 5.41) is 0. The van der Waals surface area contributed by atoms with Gasteiger partial charge in [0, 0.05) is 34.6 Å². The Balaban J connectivity index is 1.74. The van der Waals surface area contributed by atoms with Crippen LogP contribution in [0.1, 0.15) is 26.2 Å². The van der Waals surface area contributed by atoms with Crippen molar-refractivity contribution in [2.24, 2.45) is 5.92 Å². The number of carbonyl (C=O) groups excluding carboxylic acids is 1. The second-order valence-electron chi connectivity index (χ2n) is 5.34. The number of nitrogens with zero attached hydrogens (tertiary/aromatic N) is 1. The highest BCUT2D eigenvalue weighted by Crippen LogP contribution is 2.17. The number of carbonyl (C=O) groups is 1. The maximum atomic E-state index is 12.1. The van der Waals surface area contributed by atoms with E-state index in [-0.39, 0.29) is 5.91 Å². The number of rotatable bonds is 5. The van der Waals surface area contributed by atoms with Crippen molar-refractivity contribution in [2.45, 2.75) is 31.1 Å². The topological polar surface area (TPSA) is 37.4 Å². The Labute approximate surface area is 131 Å². The molecule has 1 heterocycles. The molecule has 0 spiro atoms. The van der Waals surface area contributed by atoms with Gasteiger partial charge in [0.2, 0.25) is 5.91 Å². The minimum absolute atomic E-state index is 0.210. The Morgan fingerprint density at radius 3 is 2.70 bits per heavy atom. The summed E-state index contributed by atoms with van der Waals surface area (Å²) in [5.41, 5.74) is 0. The molecular formula is C15H20BrNO2S. The summed E-state index contributed by atoms with van der Waals surface area (Å²) in [4.78, 5) is 14.7. The van der Waals surface area contributed by atoms with Crippen molar-refractivity contribution in [2.75, 3.05) is 18.8 Å². The number of amides is 1. The van der Waals surface area contributed by atoms with Crippen LogP contribution in [-0.2, 0) is 15.6 Å². The zero-order valence-corrected chi connectivity index (χ0v) is 14.1. The van der Waals surface area contributed by atoms with Crippen LogP contribution in [0.15, 0.2) is 33.6 Å². The van der Waals surface area contributed by atoms with E-state index in [2.05, 4.69) is 22.9 Å². The first-order valence-corrected chi connectivity index (χ1v) is 9.09. The molecule has 1 fully saturated rings. The molecule has 2 rings (SSSR count). The Kier molecular flexibility index (Phi) is 5.78. The van der Waals surface area contributed by atoms with Crippen molar-refractivity contribution in [1.29, 1.82) is 0 Å². The monoisotopic (exact) mass is 357 g/mol. The Hall–Kier alpha value is -0.680. The predicted octanol–water partition coefficient (Wildman–Crippen LogP) is 3.21. The van der Waals surface area contributed by atoms with Crippen LogP contribution < -0.4 is 0 Å². The van der Waals surface area contributed by atoms with Gasteiger partial charge in [0.1, 0.15) is 0 Å². The summed E-state index contributed by atoms with van der Waals surface area (Å²) in [6, 6.07) is 7.52. The highest BCUT2D eigenvalue weighted by Gasteiger charge is 2.22. The smallest absolute Gasteiger partial charge is 0.222 e. The van der Waals surface area contributed by atoms with Crippen molar-refractivity contribution in [3.8, 4) is 0 Å². The third kappa shape index (κ3) is 4.42. The standard InChI is InChI=1S/C15H20BrNO2S/c1-12-8-9-17(11-12)15(18)3-2-10-20(19)14-6-4-13(16)5-7-14/h4-7,12H,2-3,8-11H2,1H3. The van der Waals surface area contributed by atoms with E-state index in [1.807, 2.05) is 29.2 Å². The number of benzene rings is 1. The number of halogens is 1. The van der Waals surface area contributed by atoms with Crippen LogP contribution in [0.2, 0.25) is 0 Å². The summed E-state index contributed by atoms with van der Waals surface area (Å²) in [6.45, 7) is 3.94. The zero-order chi connectivity index (χ0) is 14.5. The van der Waals surface area contributed by atoms with Gasteiger partial charge in [-0.1, -0.05) is 22.9 Å². The van der Waals surface area contributed by atoms with Crippen LogP contribution in [0.3, 0.4) is 0 Å². The van der Waals surface area contributed by atoms with E-state index in [1.165, 1.54) is 0 Å². The van der Waals surface area contributed by atoms with E-state index in [9.17, 15) is 9.00 Å². The number of hydrogen-bond donors (Lipinski definition) is 0. The maximum absolute atomic E-state index is 12.1. The SMILES string of the molecule is CC1CCN(C(=O)CCCS(=O)c2ccc(Br)cc2)C1. The van der Waals surface area contributed by atoms with Crippen LogP contribution in [0.5, 0.6) is 0 Å². The third-order valence-corrected chi connectivity index (χ3v) is 5.56. The largest absolute Gasteiger partial charge is 0.342 e. The van der Waals surface area contributed by atoms with Gasteiger partial charge in [-0.05, 0) is 43.0 Å². The molecule has 20 heavy (non-hydrogen) atoms. The quantitative estimate of drug-likeness (QED) is 0.811. The molecular weight excluding hydrogens is 338 g/mol. The minimum atomic E-state index is -1.01. The van der Waals surface area contributed by atoms with Crippen molar-refractivity contribution >= 4 is 32.6 Å². The number of hydrogen-bond acceptors (Lipinski definition) is 2. The van der Waals surface area contributed by atoms with Crippen molar-refractivity contribution < 1.29 is 9.00 Å². The van der Waals surface area contributed by atoms with Gasteiger partial charge >= 0.3 is 0 Å². The van der Waals surface area contributed by atoms with Crippen LogP contribution in [0.4, 0.5) is 0 Å². The highest BCUT2D eigenvalue weighted by molar-refractivity contribution is 9.10. The van der Waals surface area contributed by atoms with E-state index >= 15 is 0 Å². The fourth-order valence-corrected chi connectivity index (χ4v) is 3.72. The number of likely N-dealkylation sites (tertiary alicyclic amines) is 1. The highest BCUT2D eigenvalue weighted by atomic mass is 79.9. The van der Waals surface area contributed by atoms with Gasteiger partial charge in [-0.2, -0.15) is 0 Å². The third-order valence-electron chi connectivity index (χ3n) is 3.57. The minimum Gasteiger partial charge on any atom is -0.342 e. The van der Waals surface area contributed by atoms with Crippen molar-refractivity contribution in [3.05, 3.63) is 28.7 Å². The van der Waals surface area contributed by atoms with Gasteiger partial charge in [-0.3, -0.25) is 9.00 Å². The lowest BCUT2D eigenvalue weighted by Crippen LogP contribution is -2.28. The molecule has 1 aromatic rings. The molecule has 2 unspecified atom stereocenters. The Morgan fingerprint density at radius 2 is 2.10 bits per heavy atom. The fraction of sp³-hybridized carbons (Fsp3) is 0.533. The normalized spacial score (nSPS) is 20.1. The van der Waals surface area contributed by atoms with E-state index in [0.29, 0.717) is 24.5 Å². The molecule has 110 valence electrons. The Bertz CT molecular complexity index is 489. The van der Waals surface area contributed by atoms with Gasteiger partial charge in [0.15, 0.2) is 0 Å². The molecule has 1 saturated heterocycles. The van der Waals surface area contributed by atoms with Crippen LogP contribution in [-0.4, -0.2) is 33.9 Å². The van der Waals surface area contributed by atoms with E-state index in [4.69, 9.17) is 0 Å². The van der Waals surface area contributed by atoms with Gasteiger partial charge < -0.3 is 4.90 Å². The van der Waals surface area contributed by atoms with Crippen molar-refractivity contribution in [3.63, 3.8) is 0 Å². The predicted molar refractivity (Wildman–Crippen MR) is 85.0 cm³/mol. The maximum Gasteiger partial charge on any atom is 0.222 e. The second-order valence-corrected chi connectivity index (χ2v) is 7.83. The first kappa shape index (κ1) is 15.7. The van der Waals surface area contributed by atoms with Crippen LogP contribution >= 0.6 is 15.9 Å². The van der Waals surface area contributed by atoms with E-state index in [1.54, 1.807) is 0 Å². The van der Waals surface area contributed by atoms with Crippen LogP contribution in [0.25, 0.3) is 0 Å². The second kappa shape index (κ2) is 7.36. The summed E-state index contributed by atoms with van der Waals surface area (Å²) < 4.78 is 13.1. The van der Waals surface area contributed by atoms with Gasteiger partial charge in [0.05, 0.1) is 10.8 Å². The molecule has 3 nitrogen and oxygen atoms in total. The summed E-state index contributed by atoms with van der Waals surface area (Å²) in [6.07, 6.45) is 2.30. The summed E-state index contributed by atoms with van der Waals surface area (Å²) >= 11 is 3.36. The lowest BCUT2D eigenvalue weighted by Gasteiger charge is -2.15.